The van der Waals surface area contributed by atoms with E-state index in [0.717, 1.165) is 12.8 Å². The number of halogens is 3. The van der Waals surface area contributed by atoms with Crippen molar-refractivity contribution in [1.82, 2.24) is 0 Å². The first-order valence-electron chi connectivity index (χ1n) is 6.16. The molecule has 1 unspecified atom stereocenters. The number of hydrogen-bond acceptors (Lipinski definition) is 4. The summed E-state index contributed by atoms with van der Waals surface area (Å²) < 4.78 is 51.6. The SMILES string of the molecule is C[C@H](COC1CCCO1)C(C)(C)OC(=O)C(F)(F)F. The van der Waals surface area contributed by atoms with Gasteiger partial charge in [0.2, 0.25) is 0 Å². The van der Waals surface area contributed by atoms with Crippen LogP contribution in [0.4, 0.5) is 13.2 Å². The first-order chi connectivity index (χ1) is 8.63. The molecule has 0 bridgehead atoms. The van der Waals surface area contributed by atoms with Gasteiger partial charge in [-0.2, -0.15) is 13.2 Å². The van der Waals surface area contributed by atoms with E-state index in [1.54, 1.807) is 6.92 Å². The van der Waals surface area contributed by atoms with E-state index in [4.69, 9.17) is 9.47 Å². The molecule has 1 aliphatic heterocycles. The van der Waals surface area contributed by atoms with Gasteiger partial charge in [0, 0.05) is 18.9 Å². The summed E-state index contributed by atoms with van der Waals surface area (Å²) in [5.74, 6) is -2.57. The summed E-state index contributed by atoms with van der Waals surface area (Å²) in [5, 5.41) is 0. The Morgan fingerprint density at radius 1 is 1.42 bits per heavy atom. The van der Waals surface area contributed by atoms with Crippen molar-refractivity contribution in [2.24, 2.45) is 5.92 Å². The molecule has 19 heavy (non-hydrogen) atoms. The zero-order valence-corrected chi connectivity index (χ0v) is 11.3. The summed E-state index contributed by atoms with van der Waals surface area (Å²) in [6.07, 6.45) is -3.61. The second kappa shape index (κ2) is 6.09. The minimum Gasteiger partial charge on any atom is -0.453 e. The molecule has 4 nitrogen and oxygen atoms in total. The van der Waals surface area contributed by atoms with Crippen LogP contribution in [0.15, 0.2) is 0 Å². The predicted molar refractivity (Wildman–Crippen MR) is 60.3 cm³/mol. The second-order valence-electron chi connectivity index (χ2n) is 5.17. The molecule has 0 aromatic carbocycles. The van der Waals surface area contributed by atoms with E-state index >= 15 is 0 Å². The molecule has 0 spiro atoms. The average Bonchev–Trinajstić information content (AvgIpc) is 2.76. The summed E-state index contributed by atoms with van der Waals surface area (Å²) in [6.45, 7) is 5.33. The molecule has 0 aromatic heterocycles. The predicted octanol–water partition coefficient (Wildman–Crippen LogP) is 2.66. The largest absolute Gasteiger partial charge is 0.490 e. The molecule has 7 heteroatoms. The van der Waals surface area contributed by atoms with Gasteiger partial charge in [-0.1, -0.05) is 6.92 Å². The molecule has 1 rings (SSSR count). The molecule has 0 N–H and O–H groups in total. The van der Waals surface area contributed by atoms with Gasteiger partial charge in [0.1, 0.15) is 5.60 Å². The van der Waals surface area contributed by atoms with Crippen molar-refractivity contribution in [3.63, 3.8) is 0 Å². The summed E-state index contributed by atoms with van der Waals surface area (Å²) >= 11 is 0. The minimum absolute atomic E-state index is 0.169. The van der Waals surface area contributed by atoms with Gasteiger partial charge in [0.05, 0.1) is 6.61 Å². The van der Waals surface area contributed by atoms with Crippen molar-refractivity contribution in [2.45, 2.75) is 51.7 Å². The summed E-state index contributed by atoms with van der Waals surface area (Å²) in [5.41, 5.74) is -1.26. The molecule has 1 heterocycles. The zero-order chi connectivity index (χ0) is 14.7. The number of esters is 1. The molecule has 0 saturated carbocycles. The van der Waals surface area contributed by atoms with Gasteiger partial charge in [-0.25, -0.2) is 4.79 Å². The molecule has 0 aromatic rings. The van der Waals surface area contributed by atoms with Crippen molar-refractivity contribution in [3.8, 4) is 0 Å². The Morgan fingerprint density at radius 2 is 2.05 bits per heavy atom. The molecule has 1 fully saturated rings. The summed E-state index contributed by atoms with van der Waals surface area (Å²) in [7, 11) is 0. The van der Waals surface area contributed by atoms with Crippen molar-refractivity contribution >= 4 is 5.97 Å². The monoisotopic (exact) mass is 284 g/mol. The van der Waals surface area contributed by atoms with Gasteiger partial charge in [-0.05, 0) is 20.3 Å². The van der Waals surface area contributed by atoms with Crippen LogP contribution >= 0.6 is 0 Å². The Kier molecular flexibility index (Phi) is 5.20. The van der Waals surface area contributed by atoms with Crippen LogP contribution in [0, 0.1) is 5.92 Å². The van der Waals surface area contributed by atoms with Gasteiger partial charge in [-0.15, -0.1) is 0 Å². The van der Waals surface area contributed by atoms with Crippen molar-refractivity contribution in [3.05, 3.63) is 0 Å². The van der Waals surface area contributed by atoms with Gasteiger partial charge in [0.15, 0.2) is 6.29 Å². The number of rotatable bonds is 5. The molecular formula is C12H19F3O4. The van der Waals surface area contributed by atoms with Crippen LogP contribution in [0.5, 0.6) is 0 Å². The average molecular weight is 284 g/mol. The second-order valence-corrected chi connectivity index (χ2v) is 5.17. The van der Waals surface area contributed by atoms with Crippen LogP contribution in [0.2, 0.25) is 0 Å². The highest BCUT2D eigenvalue weighted by molar-refractivity contribution is 5.76. The highest BCUT2D eigenvalue weighted by Crippen LogP contribution is 2.27. The van der Waals surface area contributed by atoms with Crippen molar-refractivity contribution < 1.29 is 32.2 Å². The van der Waals surface area contributed by atoms with Crippen LogP contribution in [-0.4, -0.2) is 37.3 Å². The van der Waals surface area contributed by atoms with E-state index in [0.29, 0.717) is 6.61 Å². The van der Waals surface area contributed by atoms with Gasteiger partial charge in [0.25, 0.3) is 0 Å². The van der Waals surface area contributed by atoms with Gasteiger partial charge in [-0.3, -0.25) is 0 Å². The van der Waals surface area contributed by atoms with E-state index in [1.165, 1.54) is 13.8 Å². The first-order valence-corrected chi connectivity index (χ1v) is 6.16. The quantitative estimate of drug-likeness (QED) is 0.728. The lowest BCUT2D eigenvalue weighted by Crippen LogP contribution is -2.42. The highest BCUT2D eigenvalue weighted by atomic mass is 19.4. The Bertz CT molecular complexity index is 309. The number of hydrogen-bond donors (Lipinski definition) is 0. The minimum atomic E-state index is -4.98. The molecule has 2 atom stereocenters. The normalized spacial score (nSPS) is 22.3. The lowest BCUT2D eigenvalue weighted by molar-refractivity contribution is -0.218. The third-order valence-electron chi connectivity index (χ3n) is 3.19. The van der Waals surface area contributed by atoms with E-state index in [2.05, 4.69) is 4.74 Å². The Labute approximate surface area is 110 Å². The fraction of sp³-hybridized carbons (Fsp3) is 0.917. The van der Waals surface area contributed by atoms with Crippen molar-refractivity contribution in [1.29, 1.82) is 0 Å². The molecular weight excluding hydrogens is 265 g/mol. The van der Waals surface area contributed by atoms with Crippen LogP contribution in [0.25, 0.3) is 0 Å². The molecule has 0 aliphatic carbocycles. The van der Waals surface area contributed by atoms with Crippen molar-refractivity contribution in [2.75, 3.05) is 13.2 Å². The zero-order valence-electron chi connectivity index (χ0n) is 11.3. The van der Waals surface area contributed by atoms with E-state index < -0.39 is 17.7 Å². The standard InChI is InChI=1S/C12H19F3O4/c1-8(7-18-9-5-4-6-17-9)11(2,3)19-10(16)12(13,14)15/h8-9H,4-7H2,1-3H3/t8-,9?/m1/s1. The molecule has 112 valence electrons. The van der Waals surface area contributed by atoms with Crippen LogP contribution < -0.4 is 0 Å². The third-order valence-corrected chi connectivity index (χ3v) is 3.19. The smallest absolute Gasteiger partial charge is 0.453 e. The summed E-state index contributed by atoms with van der Waals surface area (Å²) in [4.78, 5) is 10.8. The molecule has 1 saturated heterocycles. The van der Waals surface area contributed by atoms with Crippen LogP contribution in [0.3, 0.4) is 0 Å². The van der Waals surface area contributed by atoms with Crippen LogP contribution in [-0.2, 0) is 19.0 Å². The Morgan fingerprint density at radius 3 is 2.53 bits per heavy atom. The lowest BCUT2D eigenvalue weighted by Gasteiger charge is -2.32. The van der Waals surface area contributed by atoms with E-state index in [9.17, 15) is 18.0 Å². The van der Waals surface area contributed by atoms with E-state index in [-0.39, 0.29) is 18.8 Å². The maximum absolute atomic E-state index is 12.1. The van der Waals surface area contributed by atoms with Gasteiger partial charge < -0.3 is 14.2 Å². The molecule has 0 radical (unpaired) electrons. The highest BCUT2D eigenvalue weighted by Gasteiger charge is 2.45. The summed E-state index contributed by atoms with van der Waals surface area (Å²) in [6, 6.07) is 0. The van der Waals surface area contributed by atoms with Crippen LogP contribution in [0.1, 0.15) is 33.6 Å². The van der Waals surface area contributed by atoms with Gasteiger partial charge >= 0.3 is 12.1 Å². The Hall–Kier alpha value is -0.820. The lowest BCUT2D eigenvalue weighted by atomic mass is 9.93. The maximum Gasteiger partial charge on any atom is 0.490 e. The van der Waals surface area contributed by atoms with E-state index in [1.807, 2.05) is 0 Å². The number of alkyl halides is 3. The third kappa shape index (κ3) is 4.99. The number of ether oxygens (including phenoxy) is 3. The number of carbonyl (C=O) groups is 1. The maximum atomic E-state index is 12.1. The topological polar surface area (TPSA) is 44.8 Å². The fourth-order valence-electron chi connectivity index (χ4n) is 1.53. The first kappa shape index (κ1) is 16.2. The fourth-order valence-corrected chi connectivity index (χ4v) is 1.53. The Balaban J connectivity index is 2.43. The number of carbonyl (C=O) groups excluding carboxylic acids is 1. The molecule has 1 aliphatic rings. The molecule has 0 amide bonds.